The van der Waals surface area contributed by atoms with E-state index in [0.29, 0.717) is 0 Å². The predicted molar refractivity (Wildman–Crippen MR) is 71.9 cm³/mol. The Morgan fingerprint density at radius 2 is 2.00 bits per heavy atom. The van der Waals surface area contributed by atoms with E-state index in [2.05, 4.69) is 43.5 Å². The maximum Gasteiger partial charge on any atom is 0.129 e. The Morgan fingerprint density at radius 3 is 2.65 bits per heavy atom. The number of aromatic nitrogens is 2. The van der Waals surface area contributed by atoms with Gasteiger partial charge in [-0.05, 0) is 31.9 Å². The summed E-state index contributed by atoms with van der Waals surface area (Å²) in [4.78, 5) is 4.71. The summed E-state index contributed by atoms with van der Waals surface area (Å²) in [5.74, 6) is 1.00. The minimum absolute atomic E-state index is 0.353. The minimum atomic E-state index is -0.353. The highest BCUT2D eigenvalue weighted by molar-refractivity contribution is 5.76. The van der Waals surface area contributed by atoms with Crippen LogP contribution < -0.4 is 5.73 Å². The first-order chi connectivity index (χ1) is 8.10. The van der Waals surface area contributed by atoms with Crippen molar-refractivity contribution in [2.45, 2.75) is 45.7 Å². The fraction of sp³-hybridized carbons (Fsp3) is 0.500. The molecule has 1 heterocycles. The number of imidazole rings is 1. The van der Waals surface area contributed by atoms with Gasteiger partial charge in [0.2, 0.25) is 0 Å². The lowest BCUT2D eigenvalue weighted by atomic mass is 9.99. The molecule has 0 saturated carbocycles. The van der Waals surface area contributed by atoms with Crippen LogP contribution in [0.3, 0.4) is 0 Å². The zero-order valence-electron chi connectivity index (χ0n) is 10.9. The maximum absolute atomic E-state index is 6.35. The molecule has 2 rings (SSSR count). The molecular formula is C14H21N3. The van der Waals surface area contributed by atoms with Gasteiger partial charge in [-0.2, -0.15) is 0 Å². The van der Waals surface area contributed by atoms with Crippen LogP contribution in [0.1, 0.15) is 39.4 Å². The molecule has 0 aliphatic heterocycles. The van der Waals surface area contributed by atoms with Gasteiger partial charge in [0.05, 0.1) is 16.6 Å². The Kier molecular flexibility index (Phi) is 3.20. The van der Waals surface area contributed by atoms with Gasteiger partial charge in [-0.1, -0.05) is 26.0 Å². The molecule has 0 fully saturated rings. The average Bonchev–Trinajstić information content (AvgIpc) is 2.70. The van der Waals surface area contributed by atoms with Crippen LogP contribution in [0, 0.1) is 0 Å². The summed E-state index contributed by atoms with van der Waals surface area (Å²) in [5.41, 5.74) is 8.23. The third kappa shape index (κ3) is 2.07. The summed E-state index contributed by atoms with van der Waals surface area (Å²) in [6, 6.07) is 8.25. The van der Waals surface area contributed by atoms with Crippen LogP contribution in [0.15, 0.2) is 24.3 Å². The highest BCUT2D eigenvalue weighted by Crippen LogP contribution is 2.25. The fourth-order valence-electron chi connectivity index (χ4n) is 2.12. The number of rotatable bonds is 4. The smallest absolute Gasteiger partial charge is 0.129 e. The third-order valence-corrected chi connectivity index (χ3v) is 3.35. The van der Waals surface area contributed by atoms with Gasteiger partial charge in [0.1, 0.15) is 5.82 Å². The Hall–Kier alpha value is -1.35. The molecule has 2 N–H and O–H groups in total. The summed E-state index contributed by atoms with van der Waals surface area (Å²) in [6.07, 6.45) is 1.98. The van der Waals surface area contributed by atoms with Crippen molar-refractivity contribution in [1.82, 2.24) is 9.55 Å². The summed E-state index contributed by atoms with van der Waals surface area (Å²) < 4.78 is 2.26. The number of hydrogen-bond acceptors (Lipinski definition) is 2. The van der Waals surface area contributed by atoms with Gasteiger partial charge in [-0.3, -0.25) is 0 Å². The monoisotopic (exact) mass is 231 g/mol. The standard InChI is InChI=1S/C14H21N3/c1-4-10-17-12-9-7-6-8-11(12)16-13(17)14(3,15)5-2/h6-9H,4-5,10,15H2,1-3H3. The van der Waals surface area contributed by atoms with Gasteiger partial charge >= 0.3 is 0 Å². The van der Waals surface area contributed by atoms with Crippen LogP contribution in [0.4, 0.5) is 0 Å². The second-order valence-corrected chi connectivity index (χ2v) is 4.85. The number of nitrogens with zero attached hydrogens (tertiary/aromatic N) is 2. The van der Waals surface area contributed by atoms with E-state index in [-0.39, 0.29) is 5.54 Å². The van der Waals surface area contributed by atoms with Crippen molar-refractivity contribution in [1.29, 1.82) is 0 Å². The van der Waals surface area contributed by atoms with E-state index in [1.165, 1.54) is 5.52 Å². The van der Waals surface area contributed by atoms with Crippen LogP contribution >= 0.6 is 0 Å². The van der Waals surface area contributed by atoms with Gasteiger partial charge in [-0.25, -0.2) is 4.98 Å². The number of aryl methyl sites for hydroxylation is 1. The van der Waals surface area contributed by atoms with E-state index in [9.17, 15) is 0 Å². The van der Waals surface area contributed by atoms with E-state index in [4.69, 9.17) is 10.7 Å². The molecule has 1 aromatic heterocycles. The summed E-state index contributed by atoms with van der Waals surface area (Å²) >= 11 is 0. The Morgan fingerprint density at radius 1 is 1.29 bits per heavy atom. The number of nitrogens with two attached hydrogens (primary N) is 1. The molecule has 3 heteroatoms. The molecule has 92 valence electrons. The van der Waals surface area contributed by atoms with Crippen LogP contribution in [0.2, 0.25) is 0 Å². The van der Waals surface area contributed by atoms with Crippen LogP contribution in [0.25, 0.3) is 11.0 Å². The molecule has 0 radical (unpaired) electrons. The van der Waals surface area contributed by atoms with Crippen molar-refractivity contribution in [2.24, 2.45) is 5.73 Å². The second-order valence-electron chi connectivity index (χ2n) is 4.85. The van der Waals surface area contributed by atoms with Gasteiger partial charge < -0.3 is 10.3 Å². The molecule has 1 aromatic carbocycles. The number of benzene rings is 1. The number of para-hydroxylation sites is 2. The van der Waals surface area contributed by atoms with Crippen molar-refractivity contribution in [3.8, 4) is 0 Å². The first-order valence-corrected chi connectivity index (χ1v) is 6.34. The summed E-state index contributed by atoms with van der Waals surface area (Å²) in [6.45, 7) is 7.32. The zero-order valence-corrected chi connectivity index (χ0v) is 10.9. The Balaban J connectivity index is 2.65. The quantitative estimate of drug-likeness (QED) is 0.879. The van der Waals surface area contributed by atoms with Crippen LogP contribution in [-0.2, 0) is 12.1 Å². The molecule has 0 bridgehead atoms. The largest absolute Gasteiger partial charge is 0.326 e. The van der Waals surface area contributed by atoms with Crippen molar-refractivity contribution >= 4 is 11.0 Å². The fourth-order valence-corrected chi connectivity index (χ4v) is 2.12. The molecule has 0 saturated heterocycles. The predicted octanol–water partition coefficient (Wildman–Crippen LogP) is 3.03. The topological polar surface area (TPSA) is 43.8 Å². The highest BCUT2D eigenvalue weighted by Gasteiger charge is 2.25. The van der Waals surface area contributed by atoms with E-state index >= 15 is 0 Å². The summed E-state index contributed by atoms with van der Waals surface area (Å²) in [5, 5.41) is 0. The number of hydrogen-bond donors (Lipinski definition) is 1. The van der Waals surface area contributed by atoms with E-state index < -0.39 is 0 Å². The molecule has 0 aliphatic rings. The summed E-state index contributed by atoms with van der Waals surface area (Å²) in [7, 11) is 0. The van der Waals surface area contributed by atoms with Gasteiger partial charge in [0, 0.05) is 6.54 Å². The van der Waals surface area contributed by atoms with Crippen LogP contribution in [0.5, 0.6) is 0 Å². The zero-order chi connectivity index (χ0) is 12.5. The highest BCUT2D eigenvalue weighted by atomic mass is 15.1. The minimum Gasteiger partial charge on any atom is -0.326 e. The lowest BCUT2D eigenvalue weighted by molar-refractivity contribution is 0.422. The molecule has 3 nitrogen and oxygen atoms in total. The molecule has 2 aromatic rings. The number of fused-ring (bicyclic) bond motifs is 1. The van der Waals surface area contributed by atoms with Crippen molar-refractivity contribution < 1.29 is 0 Å². The normalized spacial score (nSPS) is 15.1. The molecule has 0 amide bonds. The van der Waals surface area contributed by atoms with Gasteiger partial charge in [0.25, 0.3) is 0 Å². The molecule has 0 spiro atoms. The first kappa shape index (κ1) is 12.1. The van der Waals surface area contributed by atoms with Crippen LogP contribution in [-0.4, -0.2) is 9.55 Å². The molecule has 1 unspecified atom stereocenters. The molecular weight excluding hydrogens is 210 g/mol. The Labute approximate surface area is 103 Å². The van der Waals surface area contributed by atoms with E-state index in [0.717, 1.165) is 30.7 Å². The van der Waals surface area contributed by atoms with Crippen molar-refractivity contribution in [3.05, 3.63) is 30.1 Å². The Bertz CT molecular complexity index is 511. The van der Waals surface area contributed by atoms with E-state index in [1.54, 1.807) is 0 Å². The van der Waals surface area contributed by atoms with Gasteiger partial charge in [0.15, 0.2) is 0 Å². The first-order valence-electron chi connectivity index (χ1n) is 6.34. The van der Waals surface area contributed by atoms with Gasteiger partial charge in [-0.15, -0.1) is 0 Å². The maximum atomic E-state index is 6.35. The van der Waals surface area contributed by atoms with E-state index in [1.807, 2.05) is 6.07 Å². The third-order valence-electron chi connectivity index (χ3n) is 3.35. The molecule has 0 aliphatic carbocycles. The SMILES string of the molecule is CCCn1c(C(C)(N)CC)nc2ccccc21. The molecule has 17 heavy (non-hydrogen) atoms. The molecule has 1 atom stereocenters. The van der Waals surface area contributed by atoms with Crippen molar-refractivity contribution in [2.75, 3.05) is 0 Å². The lowest BCUT2D eigenvalue weighted by Gasteiger charge is -2.23. The lowest BCUT2D eigenvalue weighted by Crippen LogP contribution is -2.35. The van der Waals surface area contributed by atoms with Crippen molar-refractivity contribution in [3.63, 3.8) is 0 Å². The second kappa shape index (κ2) is 4.49. The average molecular weight is 231 g/mol.